The van der Waals surface area contributed by atoms with Crippen molar-refractivity contribution in [3.05, 3.63) is 117 Å². The molecule has 4 aromatic rings. The highest BCUT2D eigenvalue weighted by molar-refractivity contribution is 6.35. The minimum atomic E-state index is -0.284. The zero-order chi connectivity index (χ0) is 25.9. The summed E-state index contributed by atoms with van der Waals surface area (Å²) in [7, 11) is 0. The lowest BCUT2D eigenvalue weighted by molar-refractivity contribution is 0.0933. The molecule has 3 aromatic carbocycles. The van der Waals surface area contributed by atoms with E-state index < -0.39 is 0 Å². The van der Waals surface area contributed by atoms with Crippen molar-refractivity contribution in [1.82, 2.24) is 15.1 Å². The smallest absolute Gasteiger partial charge is 0.272 e. The summed E-state index contributed by atoms with van der Waals surface area (Å²) in [5.74, 6) is -0.521. The number of carbonyl (C=O) groups excluding carboxylic acids is 1. The second kappa shape index (κ2) is 10.9. The minimum Gasteiger partial charge on any atom is -0.344 e. The summed E-state index contributed by atoms with van der Waals surface area (Å²) >= 11 is 12.8. The van der Waals surface area contributed by atoms with Crippen molar-refractivity contribution >= 4 is 40.8 Å². The zero-order valence-corrected chi connectivity index (χ0v) is 21.9. The van der Waals surface area contributed by atoms with Crippen molar-refractivity contribution in [2.45, 2.75) is 38.6 Å². The third-order valence-electron chi connectivity index (χ3n) is 6.62. The molecule has 1 aliphatic rings. The fraction of sp³-hybridized carbons (Fsp3) is 0.200. The molecule has 1 N–H and O–H groups in total. The number of fused-ring (bicyclic) bond motifs is 1. The molecule has 0 saturated heterocycles. The number of amides is 1. The number of carbonyl (C=O) groups is 1. The maximum atomic E-state index is 13.6. The van der Waals surface area contributed by atoms with E-state index in [9.17, 15) is 9.18 Å². The van der Waals surface area contributed by atoms with Crippen LogP contribution in [0.15, 0.2) is 72.8 Å². The summed E-state index contributed by atoms with van der Waals surface area (Å²) in [4.78, 5) is 13.6. The first-order valence-corrected chi connectivity index (χ1v) is 13.1. The van der Waals surface area contributed by atoms with Gasteiger partial charge in [0.1, 0.15) is 5.82 Å². The number of allylic oxidation sites excluding steroid dienone is 1. The lowest BCUT2D eigenvalue weighted by atomic mass is 10.0. The molecular formula is C30H26Cl2FN3O. The van der Waals surface area contributed by atoms with Crippen molar-refractivity contribution in [2.75, 3.05) is 0 Å². The Balaban J connectivity index is 1.64. The summed E-state index contributed by atoms with van der Waals surface area (Å²) in [5.41, 5.74) is 5.67. The molecule has 188 valence electrons. The van der Waals surface area contributed by atoms with Crippen molar-refractivity contribution in [1.29, 1.82) is 0 Å². The maximum absolute atomic E-state index is 13.6. The van der Waals surface area contributed by atoms with Crippen LogP contribution in [0.1, 0.15) is 65.1 Å². The SMILES string of the molecule is C[C@H](NC(=O)c1nn(-c2ccc(Cl)cc2Cl)c2c1CCCCC2=Cc1ccc(F)cc1)c1ccccc1. The van der Waals surface area contributed by atoms with Gasteiger partial charge in [0, 0.05) is 10.6 Å². The Morgan fingerprint density at radius 3 is 2.49 bits per heavy atom. The van der Waals surface area contributed by atoms with Gasteiger partial charge in [-0.25, -0.2) is 9.07 Å². The van der Waals surface area contributed by atoms with Crippen LogP contribution in [0.25, 0.3) is 17.3 Å². The average molecular weight is 534 g/mol. The normalized spacial score (nSPS) is 15.2. The molecule has 0 unspecified atom stereocenters. The van der Waals surface area contributed by atoms with Crippen LogP contribution >= 0.6 is 23.2 Å². The van der Waals surface area contributed by atoms with E-state index in [0.717, 1.165) is 47.2 Å². The van der Waals surface area contributed by atoms with E-state index in [4.69, 9.17) is 28.3 Å². The Morgan fingerprint density at radius 2 is 1.76 bits per heavy atom. The van der Waals surface area contributed by atoms with Gasteiger partial charge < -0.3 is 5.32 Å². The molecule has 7 heteroatoms. The first-order chi connectivity index (χ1) is 17.9. The van der Waals surface area contributed by atoms with Gasteiger partial charge >= 0.3 is 0 Å². The molecule has 0 bridgehead atoms. The van der Waals surface area contributed by atoms with E-state index in [-0.39, 0.29) is 17.8 Å². The van der Waals surface area contributed by atoms with Crippen LogP contribution in [-0.4, -0.2) is 15.7 Å². The first kappa shape index (κ1) is 25.2. The molecule has 4 nitrogen and oxygen atoms in total. The van der Waals surface area contributed by atoms with Crippen molar-refractivity contribution in [3.8, 4) is 5.69 Å². The van der Waals surface area contributed by atoms with Gasteiger partial charge in [-0.1, -0.05) is 65.7 Å². The molecule has 1 aliphatic carbocycles. The number of benzene rings is 3. The van der Waals surface area contributed by atoms with E-state index in [2.05, 4.69) is 5.32 Å². The predicted molar refractivity (Wildman–Crippen MR) is 148 cm³/mol. The first-order valence-electron chi connectivity index (χ1n) is 12.3. The molecule has 1 aromatic heterocycles. The third kappa shape index (κ3) is 5.48. The molecule has 1 atom stereocenters. The van der Waals surface area contributed by atoms with Crippen LogP contribution < -0.4 is 5.32 Å². The number of hydrogen-bond donors (Lipinski definition) is 1. The molecule has 0 spiro atoms. The summed E-state index contributed by atoms with van der Waals surface area (Å²) in [6.07, 6.45) is 5.42. The van der Waals surface area contributed by atoms with Crippen LogP contribution in [0.5, 0.6) is 0 Å². The standard InChI is InChI=1S/C30H26Cl2FN3O/c1-19(21-7-3-2-4-8-21)34-30(37)28-25-10-6-5-9-22(17-20-11-14-24(33)15-12-20)29(25)36(35-28)27-16-13-23(31)18-26(27)32/h2-4,7-8,11-19H,5-6,9-10H2,1H3,(H,34,37)/t19-/m0/s1. The molecule has 0 fully saturated rings. The van der Waals surface area contributed by atoms with Crippen molar-refractivity contribution in [2.24, 2.45) is 0 Å². The topological polar surface area (TPSA) is 46.9 Å². The quantitative estimate of drug-likeness (QED) is 0.263. The molecule has 0 radical (unpaired) electrons. The van der Waals surface area contributed by atoms with E-state index >= 15 is 0 Å². The van der Waals surface area contributed by atoms with E-state index in [1.165, 1.54) is 12.1 Å². The number of hydrogen-bond acceptors (Lipinski definition) is 2. The van der Waals surface area contributed by atoms with Gasteiger partial charge in [-0.15, -0.1) is 0 Å². The molecule has 1 heterocycles. The Kier molecular flexibility index (Phi) is 7.45. The summed E-state index contributed by atoms with van der Waals surface area (Å²) in [6.45, 7) is 1.96. The van der Waals surface area contributed by atoms with Gasteiger partial charge in [0.25, 0.3) is 5.91 Å². The molecular weight excluding hydrogens is 508 g/mol. The number of nitrogens with one attached hydrogen (secondary N) is 1. The van der Waals surface area contributed by atoms with E-state index in [0.29, 0.717) is 27.8 Å². The maximum Gasteiger partial charge on any atom is 0.272 e. The monoisotopic (exact) mass is 533 g/mol. The van der Waals surface area contributed by atoms with Gasteiger partial charge in [0.2, 0.25) is 0 Å². The Morgan fingerprint density at radius 1 is 1.03 bits per heavy atom. The lowest BCUT2D eigenvalue weighted by Gasteiger charge is -2.14. The van der Waals surface area contributed by atoms with Crippen LogP contribution in [0.2, 0.25) is 10.0 Å². The Bertz CT molecular complexity index is 1460. The summed E-state index contributed by atoms with van der Waals surface area (Å²) in [6, 6.07) is 21.3. The van der Waals surface area contributed by atoms with Gasteiger partial charge in [-0.3, -0.25) is 4.79 Å². The summed E-state index contributed by atoms with van der Waals surface area (Å²) in [5, 5.41) is 8.89. The third-order valence-corrected chi connectivity index (χ3v) is 7.16. The zero-order valence-electron chi connectivity index (χ0n) is 20.3. The van der Waals surface area contributed by atoms with Crippen LogP contribution in [-0.2, 0) is 6.42 Å². The fourth-order valence-corrected chi connectivity index (χ4v) is 5.24. The second-order valence-electron chi connectivity index (χ2n) is 9.22. The largest absolute Gasteiger partial charge is 0.344 e. The van der Waals surface area contributed by atoms with Gasteiger partial charge in [-0.05, 0) is 85.7 Å². The molecule has 0 saturated carbocycles. The molecule has 5 rings (SSSR count). The van der Waals surface area contributed by atoms with Gasteiger partial charge in [-0.2, -0.15) is 5.10 Å². The predicted octanol–water partition coefficient (Wildman–Crippen LogP) is 8.08. The fourth-order valence-electron chi connectivity index (χ4n) is 4.75. The van der Waals surface area contributed by atoms with Crippen LogP contribution in [0.4, 0.5) is 4.39 Å². The van der Waals surface area contributed by atoms with E-state index in [1.807, 2.05) is 49.4 Å². The molecule has 0 aliphatic heterocycles. The number of rotatable bonds is 5. The summed E-state index contributed by atoms with van der Waals surface area (Å²) < 4.78 is 15.3. The van der Waals surface area contributed by atoms with Crippen molar-refractivity contribution in [3.63, 3.8) is 0 Å². The highest BCUT2D eigenvalue weighted by Gasteiger charge is 2.28. The number of nitrogens with zero attached hydrogens (tertiary/aromatic N) is 2. The van der Waals surface area contributed by atoms with Crippen LogP contribution in [0, 0.1) is 5.82 Å². The second-order valence-corrected chi connectivity index (χ2v) is 10.1. The van der Waals surface area contributed by atoms with Gasteiger partial charge in [0.15, 0.2) is 5.69 Å². The van der Waals surface area contributed by atoms with Crippen LogP contribution in [0.3, 0.4) is 0 Å². The Labute approximate surface area is 225 Å². The highest BCUT2D eigenvalue weighted by atomic mass is 35.5. The average Bonchev–Trinajstić information content (AvgIpc) is 3.14. The highest BCUT2D eigenvalue weighted by Crippen LogP contribution is 2.37. The molecule has 37 heavy (non-hydrogen) atoms. The van der Waals surface area contributed by atoms with Crippen molar-refractivity contribution < 1.29 is 9.18 Å². The van der Waals surface area contributed by atoms with Gasteiger partial charge in [0.05, 0.1) is 22.4 Å². The number of aromatic nitrogens is 2. The minimum absolute atomic E-state index is 0.186. The Hall–Kier alpha value is -3.41. The molecule has 1 amide bonds. The lowest BCUT2D eigenvalue weighted by Crippen LogP contribution is -2.28. The van der Waals surface area contributed by atoms with E-state index in [1.54, 1.807) is 28.9 Å². The number of halogens is 3.